The minimum atomic E-state index is 0.780. The zero-order valence-electron chi connectivity index (χ0n) is 10.7. The van der Waals surface area contributed by atoms with Gasteiger partial charge in [-0.05, 0) is 50.0 Å². The molecule has 1 aromatic rings. The first-order valence-corrected chi connectivity index (χ1v) is 6.79. The Bertz CT molecular complexity index is 359. The predicted octanol–water partition coefficient (Wildman–Crippen LogP) is 1.87. The molecule has 1 aromatic carbocycles. The summed E-state index contributed by atoms with van der Waals surface area (Å²) in [6.45, 7) is 4.87. The number of rotatable bonds is 3. The normalized spacial score (nSPS) is 26.1. The quantitative estimate of drug-likeness (QED) is 0.853. The Morgan fingerprint density at radius 3 is 2.59 bits per heavy atom. The number of nitrogens with zero attached hydrogens (tertiary/aromatic N) is 1. The average molecular weight is 230 g/mol. The van der Waals surface area contributed by atoms with Crippen LogP contribution in [-0.4, -0.2) is 38.1 Å². The van der Waals surface area contributed by atoms with E-state index in [2.05, 4.69) is 41.5 Å². The molecule has 3 rings (SSSR count). The minimum absolute atomic E-state index is 0.780. The lowest BCUT2D eigenvalue weighted by Crippen LogP contribution is -2.41. The van der Waals surface area contributed by atoms with Crippen molar-refractivity contribution < 1.29 is 0 Å². The predicted molar refractivity (Wildman–Crippen MR) is 71.4 cm³/mol. The van der Waals surface area contributed by atoms with Gasteiger partial charge in [-0.3, -0.25) is 0 Å². The van der Waals surface area contributed by atoms with Crippen LogP contribution in [-0.2, 0) is 6.42 Å². The van der Waals surface area contributed by atoms with Crippen LogP contribution >= 0.6 is 0 Å². The Balaban J connectivity index is 1.59. The third kappa shape index (κ3) is 2.53. The molecule has 2 saturated heterocycles. The molecule has 0 amide bonds. The number of benzene rings is 1. The SMILES string of the molecule is CN1CC(c2ccc(CC3CCNC3)cc2)C1. The summed E-state index contributed by atoms with van der Waals surface area (Å²) in [5.74, 6) is 1.64. The molecular formula is C15H22N2. The molecular weight excluding hydrogens is 208 g/mol. The van der Waals surface area contributed by atoms with Gasteiger partial charge in [0.1, 0.15) is 0 Å². The number of hydrogen-bond acceptors (Lipinski definition) is 2. The van der Waals surface area contributed by atoms with Crippen molar-refractivity contribution in [2.75, 3.05) is 33.2 Å². The fraction of sp³-hybridized carbons (Fsp3) is 0.600. The lowest BCUT2D eigenvalue weighted by atomic mass is 9.90. The lowest BCUT2D eigenvalue weighted by Gasteiger charge is -2.36. The van der Waals surface area contributed by atoms with E-state index in [9.17, 15) is 0 Å². The second-order valence-corrected chi connectivity index (χ2v) is 5.72. The van der Waals surface area contributed by atoms with E-state index in [-0.39, 0.29) is 0 Å². The van der Waals surface area contributed by atoms with Crippen LogP contribution in [0.4, 0.5) is 0 Å². The van der Waals surface area contributed by atoms with Gasteiger partial charge in [0.05, 0.1) is 0 Å². The highest BCUT2D eigenvalue weighted by atomic mass is 15.2. The molecule has 1 unspecified atom stereocenters. The molecule has 2 nitrogen and oxygen atoms in total. The molecule has 2 aliphatic heterocycles. The first-order valence-electron chi connectivity index (χ1n) is 6.79. The van der Waals surface area contributed by atoms with Crippen molar-refractivity contribution in [1.29, 1.82) is 0 Å². The maximum atomic E-state index is 3.44. The van der Waals surface area contributed by atoms with Crippen molar-refractivity contribution in [1.82, 2.24) is 10.2 Å². The van der Waals surface area contributed by atoms with Gasteiger partial charge in [-0.15, -0.1) is 0 Å². The fourth-order valence-corrected chi connectivity index (χ4v) is 3.06. The molecule has 17 heavy (non-hydrogen) atoms. The highest BCUT2D eigenvalue weighted by Gasteiger charge is 2.24. The van der Waals surface area contributed by atoms with Gasteiger partial charge in [0.25, 0.3) is 0 Å². The number of likely N-dealkylation sites (tertiary alicyclic amines) is 1. The topological polar surface area (TPSA) is 15.3 Å². The van der Waals surface area contributed by atoms with Crippen LogP contribution in [0, 0.1) is 5.92 Å². The molecule has 2 heterocycles. The Kier molecular flexibility index (Phi) is 3.17. The highest BCUT2D eigenvalue weighted by molar-refractivity contribution is 5.27. The summed E-state index contributed by atoms with van der Waals surface area (Å²) in [7, 11) is 2.19. The number of nitrogens with one attached hydrogen (secondary N) is 1. The van der Waals surface area contributed by atoms with E-state index < -0.39 is 0 Å². The Morgan fingerprint density at radius 2 is 2.00 bits per heavy atom. The van der Waals surface area contributed by atoms with Gasteiger partial charge >= 0.3 is 0 Å². The molecule has 0 aliphatic carbocycles. The van der Waals surface area contributed by atoms with Gasteiger partial charge in [0, 0.05) is 19.0 Å². The van der Waals surface area contributed by atoms with E-state index in [0.29, 0.717) is 0 Å². The van der Waals surface area contributed by atoms with Crippen LogP contribution in [0.2, 0.25) is 0 Å². The number of hydrogen-bond donors (Lipinski definition) is 1. The van der Waals surface area contributed by atoms with E-state index >= 15 is 0 Å². The van der Waals surface area contributed by atoms with Crippen molar-refractivity contribution >= 4 is 0 Å². The van der Waals surface area contributed by atoms with E-state index in [0.717, 1.165) is 11.8 Å². The molecule has 0 aromatic heterocycles. The summed E-state index contributed by atoms with van der Waals surface area (Å²) in [5.41, 5.74) is 3.03. The van der Waals surface area contributed by atoms with Crippen LogP contribution in [0.15, 0.2) is 24.3 Å². The van der Waals surface area contributed by atoms with Gasteiger partial charge in [0.2, 0.25) is 0 Å². The van der Waals surface area contributed by atoms with Crippen LogP contribution in [0.1, 0.15) is 23.5 Å². The summed E-state index contributed by atoms with van der Waals surface area (Å²) in [4.78, 5) is 2.38. The molecule has 2 aliphatic rings. The summed E-state index contributed by atoms with van der Waals surface area (Å²) >= 11 is 0. The highest BCUT2D eigenvalue weighted by Crippen LogP contribution is 2.26. The molecule has 0 spiro atoms. The zero-order valence-corrected chi connectivity index (χ0v) is 10.7. The van der Waals surface area contributed by atoms with Crippen LogP contribution in [0.5, 0.6) is 0 Å². The molecule has 2 heteroatoms. The first kappa shape index (κ1) is 11.2. The largest absolute Gasteiger partial charge is 0.316 e. The number of likely N-dealkylation sites (N-methyl/N-ethyl adjacent to an activating group) is 1. The van der Waals surface area contributed by atoms with Crippen molar-refractivity contribution in [3.63, 3.8) is 0 Å². The van der Waals surface area contributed by atoms with Crippen molar-refractivity contribution in [3.05, 3.63) is 35.4 Å². The molecule has 0 radical (unpaired) electrons. The van der Waals surface area contributed by atoms with Gasteiger partial charge < -0.3 is 10.2 Å². The second-order valence-electron chi connectivity index (χ2n) is 5.72. The smallest absolute Gasteiger partial charge is 0.00933 e. The Hall–Kier alpha value is -0.860. The maximum absolute atomic E-state index is 3.44. The van der Waals surface area contributed by atoms with Gasteiger partial charge in [-0.2, -0.15) is 0 Å². The molecule has 2 fully saturated rings. The Morgan fingerprint density at radius 1 is 1.24 bits per heavy atom. The molecule has 0 saturated carbocycles. The van der Waals surface area contributed by atoms with E-state index in [4.69, 9.17) is 0 Å². The average Bonchev–Trinajstić information content (AvgIpc) is 2.79. The molecule has 92 valence electrons. The van der Waals surface area contributed by atoms with Gasteiger partial charge in [-0.1, -0.05) is 24.3 Å². The van der Waals surface area contributed by atoms with Crippen LogP contribution < -0.4 is 5.32 Å². The van der Waals surface area contributed by atoms with Crippen LogP contribution in [0.25, 0.3) is 0 Å². The molecule has 0 bridgehead atoms. The van der Waals surface area contributed by atoms with Gasteiger partial charge in [0.15, 0.2) is 0 Å². The fourth-order valence-electron chi connectivity index (χ4n) is 3.06. The van der Waals surface area contributed by atoms with Crippen molar-refractivity contribution in [2.24, 2.45) is 5.92 Å². The second kappa shape index (κ2) is 4.79. The van der Waals surface area contributed by atoms with Crippen molar-refractivity contribution in [2.45, 2.75) is 18.8 Å². The molecule has 1 N–H and O–H groups in total. The van der Waals surface area contributed by atoms with E-state index in [1.54, 1.807) is 0 Å². The summed E-state index contributed by atoms with van der Waals surface area (Å²) in [5, 5.41) is 3.44. The maximum Gasteiger partial charge on any atom is 0.00933 e. The third-order valence-corrected chi connectivity index (χ3v) is 4.20. The minimum Gasteiger partial charge on any atom is -0.316 e. The third-order valence-electron chi connectivity index (χ3n) is 4.20. The summed E-state index contributed by atoms with van der Waals surface area (Å²) < 4.78 is 0. The van der Waals surface area contributed by atoms with Crippen molar-refractivity contribution in [3.8, 4) is 0 Å². The lowest BCUT2D eigenvalue weighted by molar-refractivity contribution is 0.190. The summed E-state index contributed by atoms with van der Waals surface area (Å²) in [6, 6.07) is 9.36. The Labute approximate surface area is 104 Å². The standard InChI is InChI=1S/C15H22N2/c1-17-10-15(11-17)14-4-2-12(3-5-14)8-13-6-7-16-9-13/h2-5,13,15-16H,6-11H2,1H3. The van der Waals surface area contributed by atoms with E-state index in [1.165, 1.54) is 50.1 Å². The monoisotopic (exact) mass is 230 g/mol. The van der Waals surface area contributed by atoms with Crippen LogP contribution in [0.3, 0.4) is 0 Å². The first-order chi connectivity index (χ1) is 8.31. The summed E-state index contributed by atoms with van der Waals surface area (Å²) in [6.07, 6.45) is 2.59. The van der Waals surface area contributed by atoms with Gasteiger partial charge in [-0.25, -0.2) is 0 Å². The van der Waals surface area contributed by atoms with E-state index in [1.807, 2.05) is 0 Å². The molecule has 1 atom stereocenters. The zero-order chi connectivity index (χ0) is 11.7.